The molecule has 0 aliphatic rings. The molecule has 0 atom stereocenters. The molecule has 1 radical (unpaired) electrons. The quantitative estimate of drug-likeness (QED) is 0.637. The lowest BCUT2D eigenvalue weighted by Crippen LogP contribution is -2.02. The van der Waals surface area contributed by atoms with Crippen molar-refractivity contribution in [2.45, 2.75) is 13.8 Å². The normalized spacial score (nSPS) is 10.7. The molecule has 1 heterocycles. The second-order valence-corrected chi connectivity index (χ2v) is 3.25. The Morgan fingerprint density at radius 2 is 2.00 bits per heavy atom. The first-order valence-electron chi connectivity index (χ1n) is 4.17. The highest BCUT2D eigenvalue weighted by molar-refractivity contribution is 5.81. The van der Waals surface area contributed by atoms with Gasteiger partial charge in [0.25, 0.3) is 0 Å². The minimum absolute atomic E-state index is 0.363. The molecule has 2 rings (SSSR count). The molecule has 4 nitrogen and oxygen atoms in total. The van der Waals surface area contributed by atoms with E-state index in [1.165, 1.54) is 0 Å². The summed E-state index contributed by atoms with van der Waals surface area (Å²) < 4.78 is 4.38. The number of nitrogens with zero attached hydrogens (tertiary/aromatic N) is 1. The average Bonchev–Trinajstić information content (AvgIpc) is 2.07. The number of benzene rings is 1. The van der Waals surface area contributed by atoms with Gasteiger partial charge in [-0.1, -0.05) is 6.07 Å². The van der Waals surface area contributed by atoms with Crippen LogP contribution in [0.15, 0.2) is 21.3 Å². The molecule has 0 aliphatic heterocycles. The smallest absolute Gasteiger partial charge is 0.371 e. The van der Waals surface area contributed by atoms with E-state index in [0.717, 1.165) is 11.1 Å². The molecule has 2 aromatic rings. The Bertz CT molecular complexity index is 557. The first kappa shape index (κ1) is 8.74. The van der Waals surface area contributed by atoms with Crippen LogP contribution in [0.1, 0.15) is 11.1 Å². The van der Waals surface area contributed by atoms with Gasteiger partial charge in [-0.25, -0.2) is 9.90 Å². The lowest BCUT2D eigenvalue weighted by molar-refractivity contribution is 0.220. The van der Waals surface area contributed by atoms with Gasteiger partial charge in [-0.3, -0.25) is 0 Å². The Morgan fingerprint density at radius 1 is 1.29 bits per heavy atom. The maximum atomic E-state index is 11.3. The van der Waals surface area contributed by atoms with Crippen LogP contribution in [0.25, 0.3) is 10.9 Å². The molecular weight excluding hydrogens is 182 g/mol. The molecule has 1 aromatic carbocycles. The Balaban J connectivity index is 3.02. The highest BCUT2D eigenvalue weighted by atomic mass is 16.5. The summed E-state index contributed by atoms with van der Waals surface area (Å²) in [5.74, 6) is 0. The molecule has 0 N–H and O–H groups in total. The molecule has 0 bridgehead atoms. The van der Waals surface area contributed by atoms with Crippen LogP contribution in [0, 0.1) is 13.8 Å². The zero-order chi connectivity index (χ0) is 10.3. The molecule has 4 heteroatoms. The minimum atomic E-state index is -0.838. The van der Waals surface area contributed by atoms with E-state index < -0.39 is 11.7 Å². The molecule has 71 valence electrons. The first-order valence-corrected chi connectivity index (χ1v) is 4.17. The van der Waals surface area contributed by atoms with Crippen LogP contribution in [-0.4, -0.2) is 4.98 Å². The van der Waals surface area contributed by atoms with E-state index in [1.54, 1.807) is 13.0 Å². The summed E-state index contributed by atoms with van der Waals surface area (Å²) in [6, 6.07) is 3.54. The third-order valence-corrected chi connectivity index (χ3v) is 2.05. The Hall–Kier alpha value is -1.84. The highest BCUT2D eigenvalue weighted by Crippen LogP contribution is 2.17. The summed E-state index contributed by atoms with van der Waals surface area (Å²) in [6.45, 7) is 3.68. The number of aryl methyl sites for hydroxylation is 2. The number of fused-ring (bicyclic) bond motifs is 1. The molecule has 0 fully saturated rings. The van der Waals surface area contributed by atoms with Crippen LogP contribution in [0.5, 0.6) is 6.08 Å². The number of aromatic nitrogens is 1. The summed E-state index contributed by atoms with van der Waals surface area (Å²) >= 11 is 0. The van der Waals surface area contributed by atoms with Crippen LogP contribution < -0.4 is 5.63 Å². The summed E-state index contributed by atoms with van der Waals surface area (Å²) in [7, 11) is 0. The molecule has 1 aromatic heterocycles. The molecule has 0 aliphatic carbocycles. The third-order valence-electron chi connectivity index (χ3n) is 2.05. The van der Waals surface area contributed by atoms with Crippen molar-refractivity contribution < 1.29 is 9.52 Å². The summed E-state index contributed by atoms with van der Waals surface area (Å²) in [5.41, 5.74) is 1.57. The summed E-state index contributed by atoms with van der Waals surface area (Å²) in [5, 5.41) is 11.2. The Labute approximate surface area is 79.8 Å². The maximum Gasteiger partial charge on any atom is 0.442 e. The maximum absolute atomic E-state index is 11.3. The standard InChI is InChI=1S/C10H8NO3/c1-5-3-6(2)8-7(4-5)9(12)14-10(13)11-8/h3-4H,1-2H3. The fraction of sp³-hybridized carbons (Fsp3) is 0.200. The summed E-state index contributed by atoms with van der Waals surface area (Å²) in [6.07, 6.45) is -0.838. The van der Waals surface area contributed by atoms with E-state index in [0.29, 0.717) is 10.9 Å². The van der Waals surface area contributed by atoms with Gasteiger partial charge in [0.15, 0.2) is 0 Å². The van der Waals surface area contributed by atoms with Crippen molar-refractivity contribution in [3.8, 4) is 6.08 Å². The van der Waals surface area contributed by atoms with Crippen LogP contribution in [-0.2, 0) is 5.11 Å². The zero-order valence-corrected chi connectivity index (χ0v) is 7.83. The van der Waals surface area contributed by atoms with Gasteiger partial charge >= 0.3 is 11.7 Å². The molecular formula is C10H8NO3. The fourth-order valence-electron chi connectivity index (χ4n) is 1.51. The number of hydrogen-bond acceptors (Lipinski definition) is 3. The van der Waals surface area contributed by atoms with E-state index >= 15 is 0 Å². The van der Waals surface area contributed by atoms with Crippen LogP contribution in [0.2, 0.25) is 0 Å². The van der Waals surface area contributed by atoms with Crippen molar-refractivity contribution in [2.75, 3.05) is 0 Å². The van der Waals surface area contributed by atoms with E-state index in [2.05, 4.69) is 9.40 Å². The van der Waals surface area contributed by atoms with E-state index in [4.69, 9.17) is 0 Å². The fourth-order valence-corrected chi connectivity index (χ4v) is 1.51. The van der Waals surface area contributed by atoms with Crippen LogP contribution in [0.3, 0.4) is 0 Å². The number of hydrogen-bond donors (Lipinski definition) is 0. The molecule has 0 saturated heterocycles. The topological polar surface area (TPSA) is 63.0 Å². The van der Waals surface area contributed by atoms with Gasteiger partial charge < -0.3 is 4.42 Å². The van der Waals surface area contributed by atoms with Gasteiger partial charge in [-0.05, 0) is 31.0 Å². The van der Waals surface area contributed by atoms with Crippen molar-refractivity contribution in [3.05, 3.63) is 33.7 Å². The molecule has 0 amide bonds. The van der Waals surface area contributed by atoms with Gasteiger partial charge in [0, 0.05) is 0 Å². The Kier molecular flexibility index (Phi) is 1.77. The zero-order valence-electron chi connectivity index (χ0n) is 7.83. The van der Waals surface area contributed by atoms with Crippen molar-refractivity contribution in [1.29, 1.82) is 0 Å². The molecule has 14 heavy (non-hydrogen) atoms. The van der Waals surface area contributed by atoms with Gasteiger partial charge in [-0.2, -0.15) is 4.98 Å². The SMILES string of the molecule is Cc1cc(C)c2nc([O])oc(=O)c2c1. The second-order valence-electron chi connectivity index (χ2n) is 3.25. The predicted octanol–water partition coefficient (Wildman–Crippen LogP) is 1.95. The molecule has 0 unspecified atom stereocenters. The van der Waals surface area contributed by atoms with Crippen LogP contribution >= 0.6 is 0 Å². The van der Waals surface area contributed by atoms with Crippen LogP contribution in [0.4, 0.5) is 0 Å². The van der Waals surface area contributed by atoms with E-state index in [-0.39, 0.29) is 0 Å². The predicted molar refractivity (Wildman–Crippen MR) is 49.9 cm³/mol. The van der Waals surface area contributed by atoms with Crippen molar-refractivity contribution >= 4 is 10.9 Å². The Morgan fingerprint density at radius 3 is 2.71 bits per heavy atom. The minimum Gasteiger partial charge on any atom is -0.371 e. The monoisotopic (exact) mass is 190 g/mol. The number of rotatable bonds is 0. The average molecular weight is 190 g/mol. The second kappa shape index (κ2) is 2.83. The van der Waals surface area contributed by atoms with Crippen molar-refractivity contribution in [3.63, 3.8) is 0 Å². The largest absolute Gasteiger partial charge is 0.442 e. The van der Waals surface area contributed by atoms with Gasteiger partial charge in [-0.15, -0.1) is 0 Å². The summed E-state index contributed by atoms with van der Waals surface area (Å²) in [4.78, 5) is 15.0. The van der Waals surface area contributed by atoms with Gasteiger partial charge in [0.2, 0.25) is 0 Å². The van der Waals surface area contributed by atoms with Gasteiger partial charge in [0.1, 0.15) is 0 Å². The lowest BCUT2D eigenvalue weighted by Gasteiger charge is -2.00. The van der Waals surface area contributed by atoms with Crippen molar-refractivity contribution in [1.82, 2.24) is 4.98 Å². The molecule has 0 saturated carbocycles. The lowest BCUT2D eigenvalue weighted by atomic mass is 10.1. The highest BCUT2D eigenvalue weighted by Gasteiger charge is 2.08. The van der Waals surface area contributed by atoms with E-state index in [9.17, 15) is 9.90 Å². The first-order chi connectivity index (χ1) is 6.58. The van der Waals surface area contributed by atoms with E-state index in [1.807, 2.05) is 13.0 Å². The third kappa shape index (κ3) is 1.25. The van der Waals surface area contributed by atoms with Gasteiger partial charge in [0.05, 0.1) is 10.9 Å². The molecule has 0 spiro atoms. The van der Waals surface area contributed by atoms with Crippen molar-refractivity contribution in [2.24, 2.45) is 0 Å².